The lowest BCUT2D eigenvalue weighted by atomic mass is 9.93. The van der Waals surface area contributed by atoms with E-state index in [1.807, 2.05) is 6.92 Å². The predicted molar refractivity (Wildman–Crippen MR) is 79.3 cm³/mol. The van der Waals surface area contributed by atoms with Crippen molar-refractivity contribution in [3.8, 4) is 0 Å². The second-order valence-electron chi connectivity index (χ2n) is 5.87. The number of ether oxygens (including phenoxy) is 1. The van der Waals surface area contributed by atoms with Crippen molar-refractivity contribution in [3.63, 3.8) is 0 Å². The standard InChI is InChI=1S/C15H26N4O/c1-4-20-15(9-7-5-6-8-10-15)13-17-12(11(2)3)18-14(16)19-13/h11H,4-10H2,1-3H3,(H2,16,17,18,19). The minimum atomic E-state index is -0.369. The molecule has 0 radical (unpaired) electrons. The third kappa shape index (κ3) is 3.26. The van der Waals surface area contributed by atoms with Crippen LogP contribution in [0.4, 0.5) is 5.95 Å². The Hall–Kier alpha value is -1.23. The Labute approximate surface area is 121 Å². The van der Waals surface area contributed by atoms with Crippen molar-refractivity contribution in [2.45, 2.75) is 70.8 Å². The van der Waals surface area contributed by atoms with Crippen molar-refractivity contribution in [2.24, 2.45) is 0 Å². The quantitative estimate of drug-likeness (QED) is 0.856. The monoisotopic (exact) mass is 278 g/mol. The molecule has 1 aliphatic rings. The number of nitrogens with zero attached hydrogens (tertiary/aromatic N) is 3. The summed E-state index contributed by atoms with van der Waals surface area (Å²) < 4.78 is 6.12. The van der Waals surface area contributed by atoms with Crippen LogP contribution in [0.3, 0.4) is 0 Å². The largest absolute Gasteiger partial charge is 0.368 e. The van der Waals surface area contributed by atoms with Gasteiger partial charge in [-0.2, -0.15) is 9.97 Å². The Kier molecular flexibility index (Phi) is 4.91. The molecule has 1 heterocycles. The summed E-state index contributed by atoms with van der Waals surface area (Å²) in [5.41, 5.74) is 5.51. The number of rotatable bonds is 4. The van der Waals surface area contributed by atoms with E-state index >= 15 is 0 Å². The van der Waals surface area contributed by atoms with Gasteiger partial charge in [0.1, 0.15) is 11.4 Å². The van der Waals surface area contributed by atoms with Crippen molar-refractivity contribution < 1.29 is 4.74 Å². The third-order valence-electron chi connectivity index (χ3n) is 3.93. The number of anilines is 1. The van der Waals surface area contributed by atoms with Crippen LogP contribution in [-0.4, -0.2) is 21.6 Å². The first-order valence-corrected chi connectivity index (χ1v) is 7.73. The predicted octanol–water partition coefficient (Wildman–Crippen LogP) is 3.16. The van der Waals surface area contributed by atoms with Gasteiger partial charge in [-0.1, -0.05) is 39.5 Å². The second-order valence-corrected chi connectivity index (χ2v) is 5.87. The van der Waals surface area contributed by atoms with E-state index in [-0.39, 0.29) is 11.5 Å². The summed E-state index contributed by atoms with van der Waals surface area (Å²) in [4.78, 5) is 13.3. The molecule has 112 valence electrons. The van der Waals surface area contributed by atoms with Crippen LogP contribution in [0.15, 0.2) is 0 Å². The Bertz CT molecular complexity index is 439. The molecule has 0 aromatic carbocycles. The number of hydrogen-bond acceptors (Lipinski definition) is 5. The lowest BCUT2D eigenvalue weighted by molar-refractivity contribution is -0.0626. The van der Waals surface area contributed by atoms with E-state index < -0.39 is 0 Å². The van der Waals surface area contributed by atoms with Gasteiger partial charge in [0.15, 0.2) is 5.82 Å². The van der Waals surface area contributed by atoms with Gasteiger partial charge in [-0.05, 0) is 19.8 Å². The molecule has 1 aliphatic carbocycles. The summed E-state index contributed by atoms with van der Waals surface area (Å²) in [6, 6.07) is 0. The molecular formula is C15H26N4O. The molecule has 5 heteroatoms. The molecule has 1 aromatic heterocycles. The Balaban J connectivity index is 2.42. The Morgan fingerprint density at radius 1 is 1.10 bits per heavy atom. The van der Waals surface area contributed by atoms with Gasteiger partial charge in [0.25, 0.3) is 0 Å². The molecule has 1 saturated carbocycles. The second kappa shape index (κ2) is 6.48. The molecule has 1 fully saturated rings. The smallest absolute Gasteiger partial charge is 0.223 e. The Morgan fingerprint density at radius 2 is 1.75 bits per heavy atom. The molecular weight excluding hydrogens is 252 g/mol. The molecule has 0 unspecified atom stereocenters. The molecule has 2 rings (SSSR count). The highest BCUT2D eigenvalue weighted by atomic mass is 16.5. The van der Waals surface area contributed by atoms with Gasteiger partial charge in [0, 0.05) is 12.5 Å². The first-order chi connectivity index (χ1) is 9.57. The molecule has 0 aliphatic heterocycles. The zero-order valence-electron chi connectivity index (χ0n) is 12.9. The summed E-state index contributed by atoms with van der Waals surface area (Å²) in [7, 11) is 0. The van der Waals surface area contributed by atoms with Crippen LogP contribution >= 0.6 is 0 Å². The molecule has 2 N–H and O–H groups in total. The van der Waals surface area contributed by atoms with E-state index in [9.17, 15) is 0 Å². The molecule has 0 saturated heterocycles. The van der Waals surface area contributed by atoms with Gasteiger partial charge in [0.05, 0.1) is 0 Å². The summed E-state index contributed by atoms with van der Waals surface area (Å²) in [5.74, 6) is 2.04. The van der Waals surface area contributed by atoms with Crippen LogP contribution in [0.5, 0.6) is 0 Å². The minimum absolute atomic E-state index is 0.239. The maximum atomic E-state index is 6.12. The summed E-state index contributed by atoms with van der Waals surface area (Å²) in [6.07, 6.45) is 6.77. The number of aromatic nitrogens is 3. The van der Waals surface area contributed by atoms with Crippen molar-refractivity contribution in [3.05, 3.63) is 11.6 Å². The normalized spacial score (nSPS) is 19.0. The van der Waals surface area contributed by atoms with Crippen molar-refractivity contribution in [1.29, 1.82) is 0 Å². The van der Waals surface area contributed by atoms with Gasteiger partial charge in [-0.15, -0.1) is 0 Å². The van der Waals surface area contributed by atoms with Crippen LogP contribution in [0.1, 0.15) is 76.9 Å². The van der Waals surface area contributed by atoms with Crippen LogP contribution in [0.2, 0.25) is 0 Å². The maximum absolute atomic E-state index is 6.12. The zero-order valence-corrected chi connectivity index (χ0v) is 12.9. The maximum Gasteiger partial charge on any atom is 0.223 e. The molecule has 5 nitrogen and oxygen atoms in total. The lowest BCUT2D eigenvalue weighted by Gasteiger charge is -2.31. The highest BCUT2D eigenvalue weighted by Gasteiger charge is 2.37. The SMILES string of the molecule is CCOC1(c2nc(N)nc(C(C)C)n2)CCCCCC1. The van der Waals surface area contributed by atoms with Gasteiger partial charge < -0.3 is 10.5 Å². The highest BCUT2D eigenvalue weighted by Crippen LogP contribution is 2.38. The average Bonchev–Trinajstić information content (AvgIpc) is 2.65. The first-order valence-electron chi connectivity index (χ1n) is 7.73. The molecule has 0 bridgehead atoms. The fourth-order valence-corrected chi connectivity index (χ4v) is 2.88. The molecule has 0 atom stereocenters. The molecule has 1 aromatic rings. The number of nitrogens with two attached hydrogens (primary N) is 1. The van der Waals surface area contributed by atoms with Crippen LogP contribution in [0.25, 0.3) is 0 Å². The van der Waals surface area contributed by atoms with E-state index in [1.54, 1.807) is 0 Å². The Morgan fingerprint density at radius 3 is 2.30 bits per heavy atom. The van der Waals surface area contributed by atoms with E-state index in [4.69, 9.17) is 10.5 Å². The van der Waals surface area contributed by atoms with E-state index in [2.05, 4.69) is 28.8 Å². The van der Waals surface area contributed by atoms with E-state index in [0.717, 1.165) is 37.3 Å². The van der Waals surface area contributed by atoms with Gasteiger partial charge in [-0.3, -0.25) is 0 Å². The fraction of sp³-hybridized carbons (Fsp3) is 0.800. The highest BCUT2D eigenvalue weighted by molar-refractivity contribution is 5.20. The van der Waals surface area contributed by atoms with Crippen molar-refractivity contribution in [1.82, 2.24) is 15.0 Å². The van der Waals surface area contributed by atoms with Gasteiger partial charge in [-0.25, -0.2) is 4.98 Å². The van der Waals surface area contributed by atoms with Crippen molar-refractivity contribution >= 4 is 5.95 Å². The number of hydrogen-bond donors (Lipinski definition) is 1. The summed E-state index contributed by atoms with van der Waals surface area (Å²) in [6.45, 7) is 6.83. The van der Waals surface area contributed by atoms with Crippen molar-refractivity contribution in [2.75, 3.05) is 12.3 Å². The van der Waals surface area contributed by atoms with Gasteiger partial charge in [0.2, 0.25) is 5.95 Å². The topological polar surface area (TPSA) is 73.9 Å². The molecule has 20 heavy (non-hydrogen) atoms. The third-order valence-corrected chi connectivity index (χ3v) is 3.93. The summed E-state index contributed by atoms with van der Waals surface area (Å²) in [5, 5.41) is 0. The minimum Gasteiger partial charge on any atom is -0.368 e. The first kappa shape index (κ1) is 15.2. The van der Waals surface area contributed by atoms with E-state index in [0.29, 0.717) is 12.6 Å². The molecule has 0 amide bonds. The lowest BCUT2D eigenvalue weighted by Crippen LogP contribution is -2.33. The molecule has 0 spiro atoms. The average molecular weight is 278 g/mol. The zero-order chi connectivity index (χ0) is 14.6. The van der Waals surface area contributed by atoms with Crippen LogP contribution in [-0.2, 0) is 10.3 Å². The number of nitrogen functional groups attached to an aromatic ring is 1. The van der Waals surface area contributed by atoms with Crippen LogP contribution in [0, 0.1) is 0 Å². The fourth-order valence-electron chi connectivity index (χ4n) is 2.88. The van der Waals surface area contributed by atoms with E-state index in [1.165, 1.54) is 12.8 Å². The van der Waals surface area contributed by atoms with Crippen LogP contribution < -0.4 is 5.73 Å². The summed E-state index contributed by atoms with van der Waals surface area (Å²) >= 11 is 0. The van der Waals surface area contributed by atoms with Gasteiger partial charge >= 0.3 is 0 Å².